The maximum Gasteiger partial charge on any atom is 0.274 e. The van der Waals surface area contributed by atoms with E-state index in [0.717, 1.165) is 17.1 Å². The highest BCUT2D eigenvalue weighted by atomic mass is 16.5. The predicted octanol–water partition coefficient (Wildman–Crippen LogP) is 1.73. The lowest BCUT2D eigenvalue weighted by Gasteiger charge is -2.34. The molecule has 0 aliphatic carbocycles. The average molecular weight is 366 g/mol. The van der Waals surface area contributed by atoms with E-state index in [1.54, 1.807) is 41.4 Å². The first-order chi connectivity index (χ1) is 13.1. The van der Waals surface area contributed by atoms with Crippen molar-refractivity contribution in [3.05, 3.63) is 65.8 Å². The Morgan fingerprint density at radius 2 is 2.22 bits per heavy atom. The van der Waals surface area contributed by atoms with Gasteiger partial charge in [0.05, 0.1) is 43.5 Å². The van der Waals surface area contributed by atoms with Crippen molar-refractivity contribution in [1.82, 2.24) is 29.2 Å². The van der Waals surface area contributed by atoms with E-state index in [9.17, 15) is 4.79 Å². The van der Waals surface area contributed by atoms with E-state index >= 15 is 0 Å². The summed E-state index contributed by atoms with van der Waals surface area (Å²) in [4.78, 5) is 23.3. The molecule has 0 spiro atoms. The van der Waals surface area contributed by atoms with E-state index < -0.39 is 0 Å². The number of carbonyl (C=O) groups is 1. The summed E-state index contributed by atoms with van der Waals surface area (Å²) >= 11 is 0. The van der Waals surface area contributed by atoms with Crippen LogP contribution in [0.15, 0.2) is 43.0 Å². The third-order valence-corrected chi connectivity index (χ3v) is 4.65. The molecule has 4 rings (SSSR count). The van der Waals surface area contributed by atoms with Crippen LogP contribution in [0.5, 0.6) is 0 Å². The fraction of sp³-hybridized carbons (Fsp3) is 0.368. The number of pyridine rings is 1. The summed E-state index contributed by atoms with van der Waals surface area (Å²) in [6, 6.07) is 7.64. The molecule has 0 bridgehead atoms. The predicted molar refractivity (Wildman–Crippen MR) is 97.8 cm³/mol. The molecule has 1 atom stereocenters. The van der Waals surface area contributed by atoms with Crippen LogP contribution in [0.2, 0.25) is 0 Å². The van der Waals surface area contributed by atoms with E-state index in [1.807, 2.05) is 25.1 Å². The third-order valence-electron chi connectivity index (χ3n) is 4.65. The van der Waals surface area contributed by atoms with Gasteiger partial charge in [-0.3, -0.25) is 14.5 Å². The van der Waals surface area contributed by atoms with E-state index in [-0.39, 0.29) is 11.9 Å². The molecule has 1 aliphatic heterocycles. The number of fused-ring (bicyclic) bond motifs is 1. The number of imidazole rings is 1. The van der Waals surface area contributed by atoms with Crippen molar-refractivity contribution >= 4 is 5.91 Å². The molecule has 0 N–H and O–H groups in total. The summed E-state index contributed by atoms with van der Waals surface area (Å²) in [6.07, 6.45) is 5.38. The number of aryl methyl sites for hydroxylation is 2. The summed E-state index contributed by atoms with van der Waals surface area (Å²) in [6.45, 7) is 3.95. The molecular formula is C19H22N6O2. The summed E-state index contributed by atoms with van der Waals surface area (Å²) in [7, 11) is 1.80. The molecule has 3 aromatic rings. The molecule has 140 valence electrons. The Kier molecular flexibility index (Phi) is 4.72. The second-order valence-electron chi connectivity index (χ2n) is 6.79. The molecule has 0 aromatic carbocycles. The van der Waals surface area contributed by atoms with Crippen molar-refractivity contribution in [2.75, 3.05) is 13.2 Å². The van der Waals surface area contributed by atoms with Gasteiger partial charge in [-0.15, -0.1) is 0 Å². The lowest BCUT2D eigenvalue weighted by atomic mass is 10.2. The van der Waals surface area contributed by atoms with E-state index in [4.69, 9.17) is 4.74 Å². The number of ether oxygens (including phenoxy) is 1. The molecule has 3 aromatic heterocycles. The number of amides is 1. The summed E-state index contributed by atoms with van der Waals surface area (Å²) in [5.74, 6) is -0.0756. The van der Waals surface area contributed by atoms with Crippen molar-refractivity contribution < 1.29 is 9.53 Å². The quantitative estimate of drug-likeness (QED) is 0.687. The van der Waals surface area contributed by atoms with Gasteiger partial charge in [0.1, 0.15) is 5.69 Å². The molecule has 0 radical (unpaired) electrons. The fourth-order valence-electron chi connectivity index (χ4n) is 3.34. The Balaban J connectivity index is 1.44. The molecular weight excluding hydrogens is 344 g/mol. The number of hydrogen-bond acceptors (Lipinski definition) is 5. The Morgan fingerprint density at radius 3 is 3.00 bits per heavy atom. The van der Waals surface area contributed by atoms with E-state index in [0.29, 0.717) is 32.0 Å². The first-order valence-corrected chi connectivity index (χ1v) is 8.90. The van der Waals surface area contributed by atoms with Crippen LogP contribution in [0.1, 0.15) is 33.6 Å². The molecule has 0 saturated carbocycles. The van der Waals surface area contributed by atoms with Crippen LogP contribution >= 0.6 is 0 Å². The number of rotatable bonds is 5. The smallest absolute Gasteiger partial charge is 0.274 e. The molecule has 0 unspecified atom stereocenters. The van der Waals surface area contributed by atoms with Gasteiger partial charge in [0, 0.05) is 31.7 Å². The van der Waals surface area contributed by atoms with Gasteiger partial charge in [-0.05, 0) is 25.1 Å². The van der Waals surface area contributed by atoms with Crippen molar-refractivity contribution in [3.63, 3.8) is 0 Å². The molecule has 1 aliphatic rings. The highest BCUT2D eigenvalue weighted by molar-refractivity contribution is 5.92. The minimum absolute atomic E-state index is 0.00808. The van der Waals surface area contributed by atoms with Crippen LogP contribution in [0, 0.1) is 6.92 Å². The van der Waals surface area contributed by atoms with Crippen LogP contribution in [-0.4, -0.2) is 48.3 Å². The highest BCUT2D eigenvalue weighted by Gasteiger charge is 2.29. The summed E-state index contributed by atoms with van der Waals surface area (Å²) in [5.41, 5.74) is 3.32. The first kappa shape index (κ1) is 17.4. The van der Waals surface area contributed by atoms with Crippen LogP contribution in [0.4, 0.5) is 0 Å². The largest absolute Gasteiger partial charge is 0.373 e. The molecule has 0 saturated heterocycles. The lowest BCUT2D eigenvalue weighted by molar-refractivity contribution is 0.0469. The minimum Gasteiger partial charge on any atom is -0.373 e. The van der Waals surface area contributed by atoms with Gasteiger partial charge in [0.2, 0.25) is 0 Å². The zero-order valence-electron chi connectivity index (χ0n) is 15.4. The second-order valence-corrected chi connectivity index (χ2v) is 6.79. The topological polar surface area (TPSA) is 78.1 Å². The molecule has 27 heavy (non-hydrogen) atoms. The standard InChI is InChI=1S/C19H22N6O2/c1-14-4-3-5-15(21-14)11-27-12-17-10-24(9-16-8-20-13-25(16)17)19(26)18-6-7-23(2)22-18/h3-8,13,17H,9-12H2,1-2H3/t17-/m0/s1. The van der Waals surface area contributed by atoms with Gasteiger partial charge >= 0.3 is 0 Å². The van der Waals surface area contributed by atoms with Crippen LogP contribution in [-0.2, 0) is 24.9 Å². The minimum atomic E-state index is -0.0756. The normalized spacial score (nSPS) is 16.4. The molecule has 4 heterocycles. The monoisotopic (exact) mass is 366 g/mol. The van der Waals surface area contributed by atoms with Crippen molar-refractivity contribution in [3.8, 4) is 0 Å². The number of nitrogens with zero attached hydrogens (tertiary/aromatic N) is 6. The third kappa shape index (κ3) is 3.75. The Morgan fingerprint density at radius 1 is 1.33 bits per heavy atom. The number of carbonyl (C=O) groups excluding carboxylic acids is 1. The van der Waals surface area contributed by atoms with Gasteiger partial charge in [-0.25, -0.2) is 4.98 Å². The van der Waals surface area contributed by atoms with Gasteiger partial charge in [0.25, 0.3) is 5.91 Å². The van der Waals surface area contributed by atoms with Gasteiger partial charge in [-0.1, -0.05) is 6.07 Å². The molecule has 0 fully saturated rings. The van der Waals surface area contributed by atoms with Crippen molar-refractivity contribution in [1.29, 1.82) is 0 Å². The average Bonchev–Trinajstić information content (AvgIpc) is 3.30. The molecule has 8 nitrogen and oxygen atoms in total. The Bertz CT molecular complexity index is 947. The second kappa shape index (κ2) is 7.32. The zero-order chi connectivity index (χ0) is 18.8. The number of hydrogen-bond donors (Lipinski definition) is 0. The van der Waals surface area contributed by atoms with Crippen molar-refractivity contribution in [2.24, 2.45) is 7.05 Å². The van der Waals surface area contributed by atoms with E-state index in [1.165, 1.54) is 0 Å². The number of aromatic nitrogens is 5. The SMILES string of the molecule is Cc1cccc(COC[C@@H]2CN(C(=O)c3ccn(C)n3)Cc3cncn32)n1. The summed E-state index contributed by atoms with van der Waals surface area (Å²) < 4.78 is 9.63. The highest BCUT2D eigenvalue weighted by Crippen LogP contribution is 2.23. The summed E-state index contributed by atoms with van der Waals surface area (Å²) in [5, 5.41) is 4.23. The van der Waals surface area contributed by atoms with Crippen LogP contribution in [0.3, 0.4) is 0 Å². The fourth-order valence-corrected chi connectivity index (χ4v) is 3.34. The van der Waals surface area contributed by atoms with E-state index in [2.05, 4.69) is 19.6 Å². The first-order valence-electron chi connectivity index (χ1n) is 8.90. The van der Waals surface area contributed by atoms with Crippen molar-refractivity contribution in [2.45, 2.75) is 26.1 Å². The molecule has 8 heteroatoms. The van der Waals surface area contributed by atoms with Crippen LogP contribution < -0.4 is 0 Å². The van der Waals surface area contributed by atoms with Gasteiger partial charge < -0.3 is 14.2 Å². The maximum atomic E-state index is 12.8. The van der Waals surface area contributed by atoms with Gasteiger partial charge in [-0.2, -0.15) is 5.10 Å². The zero-order valence-corrected chi connectivity index (χ0v) is 15.4. The van der Waals surface area contributed by atoms with Gasteiger partial charge in [0.15, 0.2) is 0 Å². The Hall–Kier alpha value is -3.00. The van der Waals surface area contributed by atoms with Crippen LogP contribution in [0.25, 0.3) is 0 Å². The molecule has 1 amide bonds. The maximum absolute atomic E-state index is 12.8. The lowest BCUT2D eigenvalue weighted by Crippen LogP contribution is -2.42. The Labute approximate surface area is 157 Å².